The van der Waals surface area contributed by atoms with E-state index in [2.05, 4.69) is 6.58 Å². The summed E-state index contributed by atoms with van der Waals surface area (Å²) in [6, 6.07) is 6.11. The Morgan fingerprint density at radius 1 is 1.09 bits per heavy atom. The molecule has 0 atom stereocenters. The van der Waals surface area contributed by atoms with Gasteiger partial charge >= 0.3 is 0 Å². The Labute approximate surface area is 136 Å². The highest BCUT2D eigenvalue weighted by Crippen LogP contribution is 2.24. The number of carbonyl (C=O) groups is 1. The number of benzene rings is 1. The number of rotatable bonds is 11. The third-order valence-corrected chi connectivity index (χ3v) is 4.26. The normalized spacial score (nSPS) is 10.4. The summed E-state index contributed by atoms with van der Waals surface area (Å²) in [5.74, 6) is 0. The molecule has 0 radical (unpaired) electrons. The molecule has 0 N–H and O–H groups in total. The first kappa shape index (κ1) is 18.4. The molecule has 120 valence electrons. The van der Waals surface area contributed by atoms with E-state index < -0.39 is 4.92 Å². The van der Waals surface area contributed by atoms with E-state index >= 15 is 0 Å². The van der Waals surface area contributed by atoms with Crippen LogP contribution in [0, 0.1) is 10.1 Å². The molecule has 0 spiro atoms. The van der Waals surface area contributed by atoms with E-state index in [4.69, 9.17) is 0 Å². The summed E-state index contributed by atoms with van der Waals surface area (Å²) < 4.78 is 0. The Kier molecular flexibility index (Phi) is 9.23. The van der Waals surface area contributed by atoms with Gasteiger partial charge in [0, 0.05) is 23.4 Å². The Hall–Kier alpha value is -1.62. The van der Waals surface area contributed by atoms with Crippen LogP contribution in [0.5, 0.6) is 0 Å². The van der Waals surface area contributed by atoms with Crippen LogP contribution in [0.1, 0.15) is 51.4 Å². The van der Waals surface area contributed by atoms with Gasteiger partial charge in [0.15, 0.2) is 5.12 Å². The Morgan fingerprint density at radius 3 is 2.27 bits per heavy atom. The van der Waals surface area contributed by atoms with E-state index in [1.807, 2.05) is 6.08 Å². The fourth-order valence-electron chi connectivity index (χ4n) is 2.08. The molecule has 0 amide bonds. The van der Waals surface area contributed by atoms with Gasteiger partial charge in [0.05, 0.1) is 4.92 Å². The number of allylic oxidation sites excluding steroid dienone is 1. The van der Waals surface area contributed by atoms with E-state index in [0.29, 0.717) is 6.42 Å². The predicted molar refractivity (Wildman–Crippen MR) is 91.1 cm³/mol. The predicted octanol–water partition coefficient (Wildman–Crippen LogP) is 5.52. The molecule has 1 aromatic carbocycles. The fraction of sp³-hybridized carbons (Fsp3) is 0.471. The molecule has 0 bridgehead atoms. The lowest BCUT2D eigenvalue weighted by Gasteiger charge is -2.02. The molecule has 0 saturated heterocycles. The fourth-order valence-corrected chi connectivity index (χ4v) is 2.86. The van der Waals surface area contributed by atoms with Crippen molar-refractivity contribution in [1.82, 2.24) is 0 Å². The first-order valence-corrected chi connectivity index (χ1v) is 8.51. The van der Waals surface area contributed by atoms with Crippen LogP contribution < -0.4 is 0 Å². The standard InChI is InChI=1S/C17H23NO3S/c1-2-3-4-5-6-7-8-9-10-17(19)22-16-13-11-15(12-14-16)18(20)21/h2,11-14H,1,3-10H2. The van der Waals surface area contributed by atoms with Crippen LogP contribution >= 0.6 is 11.8 Å². The van der Waals surface area contributed by atoms with Crippen molar-refractivity contribution in [3.63, 3.8) is 0 Å². The van der Waals surface area contributed by atoms with Crippen molar-refractivity contribution in [2.75, 3.05) is 0 Å². The van der Waals surface area contributed by atoms with Crippen LogP contribution in [0.3, 0.4) is 0 Å². The lowest BCUT2D eigenvalue weighted by molar-refractivity contribution is -0.384. The maximum absolute atomic E-state index is 11.8. The van der Waals surface area contributed by atoms with Crippen LogP contribution in [0.15, 0.2) is 41.8 Å². The van der Waals surface area contributed by atoms with Crippen molar-refractivity contribution in [3.05, 3.63) is 47.0 Å². The molecule has 1 rings (SSSR count). The second-order valence-electron chi connectivity index (χ2n) is 5.17. The van der Waals surface area contributed by atoms with Gasteiger partial charge in [-0.15, -0.1) is 6.58 Å². The van der Waals surface area contributed by atoms with Crippen molar-refractivity contribution in [1.29, 1.82) is 0 Å². The zero-order valence-corrected chi connectivity index (χ0v) is 13.6. The number of nitro groups is 1. The highest BCUT2D eigenvalue weighted by atomic mass is 32.2. The zero-order chi connectivity index (χ0) is 16.2. The number of hydrogen-bond acceptors (Lipinski definition) is 4. The second-order valence-corrected chi connectivity index (χ2v) is 6.30. The molecule has 0 aliphatic heterocycles. The highest BCUT2D eigenvalue weighted by molar-refractivity contribution is 8.13. The molecule has 22 heavy (non-hydrogen) atoms. The van der Waals surface area contributed by atoms with E-state index in [9.17, 15) is 14.9 Å². The highest BCUT2D eigenvalue weighted by Gasteiger charge is 2.08. The van der Waals surface area contributed by atoms with Gasteiger partial charge in [-0.25, -0.2) is 0 Å². The average Bonchev–Trinajstić information content (AvgIpc) is 2.50. The van der Waals surface area contributed by atoms with Gasteiger partial charge in [-0.3, -0.25) is 14.9 Å². The van der Waals surface area contributed by atoms with Crippen molar-refractivity contribution >= 4 is 22.6 Å². The van der Waals surface area contributed by atoms with Crippen LogP contribution in [0.4, 0.5) is 5.69 Å². The van der Waals surface area contributed by atoms with Crippen LogP contribution in [0.2, 0.25) is 0 Å². The van der Waals surface area contributed by atoms with Gasteiger partial charge in [0.2, 0.25) is 0 Å². The second kappa shape index (κ2) is 11.0. The van der Waals surface area contributed by atoms with E-state index in [-0.39, 0.29) is 10.8 Å². The monoisotopic (exact) mass is 321 g/mol. The summed E-state index contributed by atoms with van der Waals surface area (Å²) >= 11 is 1.17. The number of non-ortho nitro benzene ring substituents is 1. The number of carbonyl (C=O) groups excluding carboxylic acids is 1. The zero-order valence-electron chi connectivity index (χ0n) is 12.8. The van der Waals surface area contributed by atoms with Crippen LogP contribution in [0.25, 0.3) is 0 Å². The Bertz CT molecular complexity index is 485. The number of hydrogen-bond donors (Lipinski definition) is 0. The molecular formula is C17H23NO3S. The maximum atomic E-state index is 11.8. The Morgan fingerprint density at radius 2 is 1.68 bits per heavy atom. The molecular weight excluding hydrogens is 298 g/mol. The number of nitrogens with zero attached hydrogens (tertiary/aromatic N) is 1. The minimum absolute atomic E-state index is 0.0493. The lowest BCUT2D eigenvalue weighted by atomic mass is 10.1. The number of unbranched alkanes of at least 4 members (excludes halogenated alkanes) is 6. The van der Waals surface area contributed by atoms with Crippen LogP contribution in [-0.4, -0.2) is 10.0 Å². The lowest BCUT2D eigenvalue weighted by Crippen LogP contribution is -1.92. The largest absolute Gasteiger partial charge is 0.287 e. The molecule has 0 saturated carbocycles. The third-order valence-electron chi connectivity index (χ3n) is 3.32. The number of thioether (sulfide) groups is 1. The quantitative estimate of drug-likeness (QED) is 0.177. The molecule has 0 aliphatic carbocycles. The van der Waals surface area contributed by atoms with Crippen molar-refractivity contribution in [2.24, 2.45) is 0 Å². The van der Waals surface area contributed by atoms with Gasteiger partial charge in [-0.1, -0.05) is 43.5 Å². The van der Waals surface area contributed by atoms with Crippen molar-refractivity contribution < 1.29 is 9.72 Å². The summed E-state index contributed by atoms with van der Waals surface area (Å²) in [4.78, 5) is 22.7. The molecule has 5 heteroatoms. The molecule has 0 unspecified atom stereocenters. The van der Waals surface area contributed by atoms with Crippen LogP contribution in [-0.2, 0) is 4.79 Å². The molecule has 1 aromatic rings. The first-order valence-electron chi connectivity index (χ1n) is 7.69. The van der Waals surface area contributed by atoms with Gasteiger partial charge in [0.25, 0.3) is 5.69 Å². The number of nitro benzene ring substituents is 1. The molecule has 0 fully saturated rings. The summed E-state index contributed by atoms with van der Waals surface area (Å²) in [6.45, 7) is 3.70. The minimum Gasteiger partial charge on any atom is -0.287 e. The molecule has 0 aromatic heterocycles. The first-order chi connectivity index (χ1) is 10.6. The molecule has 4 nitrogen and oxygen atoms in total. The third kappa shape index (κ3) is 7.98. The SMILES string of the molecule is C=CCCCCCCCCC(=O)Sc1ccc([N+](=O)[O-])cc1. The Balaban J connectivity index is 2.13. The van der Waals surface area contributed by atoms with Crippen molar-refractivity contribution in [2.45, 2.75) is 56.3 Å². The van der Waals surface area contributed by atoms with E-state index in [0.717, 1.165) is 24.2 Å². The summed E-state index contributed by atoms with van der Waals surface area (Å²) in [5.41, 5.74) is 0.0493. The van der Waals surface area contributed by atoms with E-state index in [1.165, 1.54) is 49.6 Å². The van der Waals surface area contributed by atoms with Gasteiger partial charge in [0.1, 0.15) is 0 Å². The topological polar surface area (TPSA) is 60.2 Å². The summed E-state index contributed by atoms with van der Waals surface area (Å²) in [5, 5.41) is 10.7. The van der Waals surface area contributed by atoms with Gasteiger partial charge < -0.3 is 0 Å². The molecule has 0 aliphatic rings. The smallest absolute Gasteiger partial charge is 0.269 e. The van der Waals surface area contributed by atoms with Crippen molar-refractivity contribution in [3.8, 4) is 0 Å². The van der Waals surface area contributed by atoms with Gasteiger partial charge in [-0.2, -0.15) is 0 Å². The van der Waals surface area contributed by atoms with Gasteiger partial charge in [-0.05, 0) is 31.4 Å². The van der Waals surface area contributed by atoms with E-state index in [1.54, 1.807) is 12.1 Å². The minimum atomic E-state index is -0.439. The average molecular weight is 321 g/mol. The summed E-state index contributed by atoms with van der Waals surface area (Å²) in [7, 11) is 0. The summed E-state index contributed by atoms with van der Waals surface area (Å²) in [6.07, 6.45) is 10.4. The maximum Gasteiger partial charge on any atom is 0.269 e. The molecule has 0 heterocycles.